The summed E-state index contributed by atoms with van der Waals surface area (Å²) in [6.07, 6.45) is 1.90. The molecule has 1 atom stereocenters. The zero-order valence-electron chi connectivity index (χ0n) is 12.9. The molecule has 114 valence electrons. The number of ketones is 1. The Balaban J connectivity index is 2.14. The highest BCUT2D eigenvalue weighted by atomic mass is 16.5. The lowest BCUT2D eigenvalue weighted by Gasteiger charge is -2.17. The van der Waals surface area contributed by atoms with Crippen LogP contribution < -0.4 is 0 Å². The number of methoxy groups -OCH3 is 2. The predicted octanol–water partition coefficient (Wildman–Crippen LogP) is 4.18. The molecule has 2 rings (SSSR count). The van der Waals surface area contributed by atoms with Crippen LogP contribution in [0.2, 0.25) is 0 Å². The highest BCUT2D eigenvalue weighted by Gasteiger charge is 2.14. The Morgan fingerprint density at radius 3 is 2.14 bits per heavy atom. The number of benzene rings is 2. The molecular weight excluding hydrogens is 276 g/mol. The highest BCUT2D eigenvalue weighted by molar-refractivity contribution is 6.04. The van der Waals surface area contributed by atoms with Gasteiger partial charge in [0.2, 0.25) is 0 Å². The van der Waals surface area contributed by atoms with E-state index in [1.54, 1.807) is 26.4 Å². The molecule has 3 heteroatoms. The van der Waals surface area contributed by atoms with Gasteiger partial charge in [-0.15, -0.1) is 0 Å². The highest BCUT2D eigenvalue weighted by Crippen LogP contribution is 2.24. The fourth-order valence-electron chi connectivity index (χ4n) is 2.22. The van der Waals surface area contributed by atoms with Crippen LogP contribution in [0.3, 0.4) is 0 Å². The second-order valence-corrected chi connectivity index (χ2v) is 4.88. The summed E-state index contributed by atoms with van der Waals surface area (Å²) in [4.78, 5) is 12.2. The fraction of sp³-hybridized carbons (Fsp3) is 0.211. The maximum absolute atomic E-state index is 12.2. The first-order valence-electron chi connectivity index (χ1n) is 7.16. The Morgan fingerprint density at radius 1 is 1.00 bits per heavy atom. The monoisotopic (exact) mass is 296 g/mol. The standard InChI is InChI=1S/C19H20O3/c1-21-17(13-18(20)15-9-5-3-6-10-15)14-19(22-2)16-11-7-4-8-12-16/h3-13,19H,14H2,1-2H3/b17-13+. The van der Waals surface area contributed by atoms with E-state index in [4.69, 9.17) is 9.47 Å². The van der Waals surface area contributed by atoms with E-state index >= 15 is 0 Å². The van der Waals surface area contributed by atoms with E-state index in [1.165, 1.54) is 6.08 Å². The van der Waals surface area contributed by atoms with Crippen LogP contribution in [-0.4, -0.2) is 20.0 Å². The lowest BCUT2D eigenvalue weighted by Crippen LogP contribution is -2.06. The second kappa shape index (κ2) is 8.15. The Hall–Kier alpha value is -2.39. The van der Waals surface area contributed by atoms with Gasteiger partial charge in [-0.3, -0.25) is 4.79 Å². The molecule has 0 saturated carbocycles. The summed E-state index contributed by atoms with van der Waals surface area (Å²) in [6.45, 7) is 0. The number of ether oxygens (including phenoxy) is 2. The Labute approximate surface area is 131 Å². The summed E-state index contributed by atoms with van der Waals surface area (Å²) in [6, 6.07) is 19.0. The number of allylic oxidation sites excluding steroid dienone is 1. The van der Waals surface area contributed by atoms with Crippen molar-refractivity contribution in [2.75, 3.05) is 14.2 Å². The van der Waals surface area contributed by atoms with Gasteiger partial charge in [0.1, 0.15) is 5.76 Å². The molecule has 0 heterocycles. The SMILES string of the molecule is CO/C(=C/C(=O)c1ccccc1)CC(OC)c1ccccc1. The minimum atomic E-state index is -0.143. The Kier molecular flexibility index (Phi) is 5.92. The summed E-state index contributed by atoms with van der Waals surface area (Å²) in [7, 11) is 3.23. The minimum absolute atomic E-state index is 0.0691. The molecule has 0 spiro atoms. The molecule has 1 unspecified atom stereocenters. The third kappa shape index (κ3) is 4.30. The van der Waals surface area contributed by atoms with E-state index in [9.17, 15) is 4.79 Å². The third-order valence-corrected chi connectivity index (χ3v) is 3.46. The third-order valence-electron chi connectivity index (χ3n) is 3.46. The van der Waals surface area contributed by atoms with Crippen LogP contribution in [0, 0.1) is 0 Å². The average molecular weight is 296 g/mol. The summed E-state index contributed by atoms with van der Waals surface area (Å²) in [5.74, 6) is 0.532. The maximum Gasteiger partial charge on any atom is 0.189 e. The van der Waals surface area contributed by atoms with Crippen LogP contribution in [-0.2, 0) is 9.47 Å². The Morgan fingerprint density at radius 2 is 1.59 bits per heavy atom. The van der Waals surface area contributed by atoms with Crippen LogP contribution >= 0.6 is 0 Å². The summed E-state index contributed by atoms with van der Waals surface area (Å²) in [5.41, 5.74) is 1.70. The number of rotatable bonds is 7. The van der Waals surface area contributed by atoms with Gasteiger partial charge in [0.05, 0.1) is 13.2 Å². The van der Waals surface area contributed by atoms with Crippen molar-refractivity contribution in [1.82, 2.24) is 0 Å². The summed E-state index contributed by atoms with van der Waals surface area (Å²) < 4.78 is 10.9. The smallest absolute Gasteiger partial charge is 0.189 e. The van der Waals surface area contributed by atoms with Crippen molar-refractivity contribution < 1.29 is 14.3 Å². The van der Waals surface area contributed by atoms with E-state index in [2.05, 4.69) is 0 Å². The lowest BCUT2D eigenvalue weighted by molar-refractivity contribution is 0.0872. The number of hydrogen-bond acceptors (Lipinski definition) is 3. The predicted molar refractivity (Wildman–Crippen MR) is 86.7 cm³/mol. The average Bonchev–Trinajstić information content (AvgIpc) is 2.60. The molecule has 0 fully saturated rings. The Bertz CT molecular complexity index is 618. The van der Waals surface area contributed by atoms with Crippen LogP contribution in [0.1, 0.15) is 28.4 Å². The maximum atomic E-state index is 12.2. The zero-order valence-corrected chi connectivity index (χ0v) is 12.9. The molecular formula is C19H20O3. The molecule has 0 aliphatic carbocycles. The number of carbonyl (C=O) groups is 1. The minimum Gasteiger partial charge on any atom is -0.501 e. The van der Waals surface area contributed by atoms with Gasteiger partial charge in [-0.05, 0) is 5.56 Å². The molecule has 0 amide bonds. The van der Waals surface area contributed by atoms with E-state index < -0.39 is 0 Å². The van der Waals surface area contributed by atoms with Crippen molar-refractivity contribution in [3.63, 3.8) is 0 Å². The van der Waals surface area contributed by atoms with E-state index in [-0.39, 0.29) is 11.9 Å². The van der Waals surface area contributed by atoms with Gasteiger partial charge in [0, 0.05) is 25.2 Å². The van der Waals surface area contributed by atoms with Crippen LogP contribution in [0.25, 0.3) is 0 Å². The van der Waals surface area contributed by atoms with Gasteiger partial charge in [0.25, 0.3) is 0 Å². The molecule has 22 heavy (non-hydrogen) atoms. The van der Waals surface area contributed by atoms with E-state index in [1.807, 2.05) is 48.5 Å². The molecule has 0 aromatic heterocycles. The second-order valence-electron chi connectivity index (χ2n) is 4.88. The van der Waals surface area contributed by atoms with Crippen molar-refractivity contribution in [1.29, 1.82) is 0 Å². The fourth-order valence-corrected chi connectivity index (χ4v) is 2.22. The van der Waals surface area contributed by atoms with Crippen molar-refractivity contribution in [2.24, 2.45) is 0 Å². The lowest BCUT2D eigenvalue weighted by atomic mass is 10.0. The first-order chi connectivity index (χ1) is 10.7. The van der Waals surface area contributed by atoms with E-state index in [0.29, 0.717) is 17.7 Å². The topological polar surface area (TPSA) is 35.5 Å². The van der Waals surface area contributed by atoms with Crippen molar-refractivity contribution >= 4 is 5.78 Å². The first-order valence-corrected chi connectivity index (χ1v) is 7.16. The van der Waals surface area contributed by atoms with E-state index in [0.717, 1.165) is 5.56 Å². The molecule has 0 aliphatic rings. The van der Waals surface area contributed by atoms with Gasteiger partial charge in [-0.25, -0.2) is 0 Å². The van der Waals surface area contributed by atoms with Gasteiger partial charge in [-0.2, -0.15) is 0 Å². The van der Waals surface area contributed by atoms with Gasteiger partial charge in [0.15, 0.2) is 5.78 Å². The molecule has 0 radical (unpaired) electrons. The molecule has 0 aliphatic heterocycles. The molecule has 0 saturated heterocycles. The first kappa shape index (κ1) is 16.0. The van der Waals surface area contributed by atoms with Crippen LogP contribution in [0.15, 0.2) is 72.5 Å². The van der Waals surface area contributed by atoms with Crippen molar-refractivity contribution in [3.8, 4) is 0 Å². The van der Waals surface area contributed by atoms with Crippen molar-refractivity contribution in [3.05, 3.63) is 83.6 Å². The summed E-state index contributed by atoms with van der Waals surface area (Å²) in [5, 5.41) is 0. The number of hydrogen-bond donors (Lipinski definition) is 0. The largest absolute Gasteiger partial charge is 0.501 e. The van der Waals surface area contributed by atoms with Crippen LogP contribution in [0.5, 0.6) is 0 Å². The molecule has 2 aromatic carbocycles. The molecule has 2 aromatic rings. The summed E-state index contributed by atoms with van der Waals surface area (Å²) >= 11 is 0. The van der Waals surface area contributed by atoms with Gasteiger partial charge >= 0.3 is 0 Å². The normalized spacial score (nSPS) is 12.7. The van der Waals surface area contributed by atoms with Gasteiger partial charge < -0.3 is 9.47 Å². The van der Waals surface area contributed by atoms with Crippen LogP contribution in [0.4, 0.5) is 0 Å². The molecule has 0 N–H and O–H groups in total. The quantitative estimate of drug-likeness (QED) is 0.437. The number of carbonyl (C=O) groups excluding carboxylic acids is 1. The van der Waals surface area contributed by atoms with Gasteiger partial charge in [-0.1, -0.05) is 60.7 Å². The molecule has 3 nitrogen and oxygen atoms in total. The van der Waals surface area contributed by atoms with Crippen molar-refractivity contribution in [2.45, 2.75) is 12.5 Å². The molecule has 0 bridgehead atoms. The zero-order chi connectivity index (χ0) is 15.8.